The SMILES string of the molecule is CC1Cc2c(cc3c(c2C(C)O)OC(C)C3)O1. The zero-order valence-corrected chi connectivity index (χ0v) is 10.5. The van der Waals surface area contributed by atoms with Crippen LogP contribution in [0.25, 0.3) is 0 Å². The highest BCUT2D eigenvalue weighted by atomic mass is 16.5. The van der Waals surface area contributed by atoms with Crippen LogP contribution in [0.1, 0.15) is 43.6 Å². The van der Waals surface area contributed by atoms with Gasteiger partial charge in [-0.3, -0.25) is 0 Å². The molecule has 0 saturated heterocycles. The molecular formula is C14H18O3. The number of hydrogen-bond acceptors (Lipinski definition) is 3. The van der Waals surface area contributed by atoms with E-state index < -0.39 is 6.10 Å². The van der Waals surface area contributed by atoms with E-state index in [0.717, 1.165) is 35.5 Å². The van der Waals surface area contributed by atoms with E-state index >= 15 is 0 Å². The molecule has 0 aliphatic carbocycles. The lowest BCUT2D eigenvalue weighted by Gasteiger charge is -2.15. The summed E-state index contributed by atoms with van der Waals surface area (Å²) in [6, 6.07) is 2.09. The minimum absolute atomic E-state index is 0.197. The van der Waals surface area contributed by atoms with E-state index in [1.807, 2.05) is 0 Å². The molecular weight excluding hydrogens is 216 g/mol. The maximum atomic E-state index is 9.99. The van der Waals surface area contributed by atoms with Crippen molar-refractivity contribution in [2.24, 2.45) is 0 Å². The van der Waals surface area contributed by atoms with Gasteiger partial charge in [-0.2, -0.15) is 0 Å². The largest absolute Gasteiger partial charge is 0.490 e. The number of fused-ring (bicyclic) bond motifs is 2. The van der Waals surface area contributed by atoms with Gasteiger partial charge in [0.2, 0.25) is 0 Å². The van der Waals surface area contributed by atoms with E-state index in [1.54, 1.807) is 6.92 Å². The van der Waals surface area contributed by atoms with Crippen molar-refractivity contribution in [3.8, 4) is 11.5 Å². The molecule has 0 radical (unpaired) electrons. The lowest BCUT2D eigenvalue weighted by molar-refractivity contribution is 0.186. The summed E-state index contributed by atoms with van der Waals surface area (Å²) in [4.78, 5) is 0. The van der Waals surface area contributed by atoms with Gasteiger partial charge in [-0.25, -0.2) is 0 Å². The average molecular weight is 234 g/mol. The topological polar surface area (TPSA) is 38.7 Å². The van der Waals surface area contributed by atoms with Gasteiger partial charge in [0, 0.05) is 29.5 Å². The molecule has 1 N–H and O–H groups in total. The summed E-state index contributed by atoms with van der Waals surface area (Å²) in [5.74, 6) is 1.83. The second-order valence-electron chi connectivity index (χ2n) is 5.20. The van der Waals surface area contributed by atoms with E-state index in [0.29, 0.717) is 0 Å². The molecule has 3 nitrogen and oxygen atoms in total. The molecule has 1 aromatic rings. The van der Waals surface area contributed by atoms with Crippen LogP contribution in [0.2, 0.25) is 0 Å². The summed E-state index contributed by atoms with van der Waals surface area (Å²) in [5.41, 5.74) is 3.23. The van der Waals surface area contributed by atoms with Crippen LogP contribution in [0.3, 0.4) is 0 Å². The van der Waals surface area contributed by atoms with Crippen molar-refractivity contribution < 1.29 is 14.6 Å². The molecule has 0 bridgehead atoms. The highest BCUT2D eigenvalue weighted by Gasteiger charge is 2.32. The van der Waals surface area contributed by atoms with E-state index in [4.69, 9.17) is 9.47 Å². The zero-order valence-electron chi connectivity index (χ0n) is 10.5. The van der Waals surface area contributed by atoms with Gasteiger partial charge in [-0.15, -0.1) is 0 Å². The molecule has 0 fully saturated rings. The number of benzene rings is 1. The quantitative estimate of drug-likeness (QED) is 0.811. The maximum Gasteiger partial charge on any atom is 0.129 e. The van der Waals surface area contributed by atoms with Crippen LogP contribution >= 0.6 is 0 Å². The molecule has 1 aromatic carbocycles. The number of aliphatic hydroxyl groups excluding tert-OH is 1. The van der Waals surface area contributed by atoms with E-state index in [-0.39, 0.29) is 12.2 Å². The van der Waals surface area contributed by atoms with Crippen molar-refractivity contribution in [2.75, 3.05) is 0 Å². The van der Waals surface area contributed by atoms with Crippen molar-refractivity contribution >= 4 is 0 Å². The smallest absolute Gasteiger partial charge is 0.129 e. The summed E-state index contributed by atoms with van der Waals surface area (Å²) < 4.78 is 11.6. The second kappa shape index (κ2) is 3.64. The fraction of sp³-hybridized carbons (Fsp3) is 0.571. The fourth-order valence-electron chi connectivity index (χ4n) is 2.90. The van der Waals surface area contributed by atoms with Crippen LogP contribution in [0, 0.1) is 0 Å². The van der Waals surface area contributed by atoms with Crippen molar-refractivity contribution in [1.29, 1.82) is 0 Å². The van der Waals surface area contributed by atoms with Crippen molar-refractivity contribution in [2.45, 2.75) is 51.9 Å². The van der Waals surface area contributed by atoms with E-state index in [1.165, 1.54) is 5.56 Å². The molecule has 2 aliphatic heterocycles. The first-order valence-corrected chi connectivity index (χ1v) is 6.26. The first-order valence-electron chi connectivity index (χ1n) is 6.26. The molecule has 2 heterocycles. The molecule has 0 spiro atoms. The van der Waals surface area contributed by atoms with Crippen LogP contribution in [0.4, 0.5) is 0 Å². The monoisotopic (exact) mass is 234 g/mol. The summed E-state index contributed by atoms with van der Waals surface area (Å²) in [6.45, 7) is 5.91. The zero-order chi connectivity index (χ0) is 12.2. The molecule has 0 saturated carbocycles. The van der Waals surface area contributed by atoms with E-state index in [9.17, 15) is 5.11 Å². The predicted octanol–water partition coefficient (Wildman–Crippen LogP) is 2.39. The van der Waals surface area contributed by atoms with Gasteiger partial charge >= 0.3 is 0 Å². The van der Waals surface area contributed by atoms with Gasteiger partial charge in [-0.1, -0.05) is 0 Å². The summed E-state index contributed by atoms with van der Waals surface area (Å²) in [7, 11) is 0. The Morgan fingerprint density at radius 3 is 2.65 bits per heavy atom. The van der Waals surface area contributed by atoms with Crippen LogP contribution in [0.15, 0.2) is 6.07 Å². The minimum Gasteiger partial charge on any atom is -0.490 e. The molecule has 3 rings (SSSR count). The Bertz CT molecular complexity index is 429. The minimum atomic E-state index is -0.502. The lowest BCUT2D eigenvalue weighted by atomic mass is 9.95. The van der Waals surface area contributed by atoms with Crippen LogP contribution in [0.5, 0.6) is 11.5 Å². The Balaban J connectivity index is 2.18. The first kappa shape index (κ1) is 10.9. The Kier molecular flexibility index (Phi) is 2.33. The highest BCUT2D eigenvalue weighted by molar-refractivity contribution is 5.58. The molecule has 3 unspecified atom stereocenters. The second-order valence-corrected chi connectivity index (χ2v) is 5.20. The molecule has 17 heavy (non-hydrogen) atoms. The van der Waals surface area contributed by atoms with Gasteiger partial charge < -0.3 is 14.6 Å². The van der Waals surface area contributed by atoms with Crippen LogP contribution in [-0.2, 0) is 12.8 Å². The number of ether oxygens (including phenoxy) is 2. The average Bonchev–Trinajstić information content (AvgIpc) is 2.73. The summed E-state index contributed by atoms with van der Waals surface area (Å²) in [5, 5.41) is 9.99. The standard InChI is InChI=1S/C14H18O3/c1-7-4-10-6-12-11(5-8(2)16-12)13(9(3)15)14(10)17-7/h6-9,15H,4-5H2,1-3H3. The molecule has 2 aliphatic rings. The molecule has 0 amide bonds. The fourth-order valence-corrected chi connectivity index (χ4v) is 2.90. The van der Waals surface area contributed by atoms with Gasteiger partial charge in [-0.05, 0) is 26.8 Å². The Morgan fingerprint density at radius 1 is 1.24 bits per heavy atom. The predicted molar refractivity (Wildman–Crippen MR) is 64.7 cm³/mol. The molecule has 0 aromatic heterocycles. The Hall–Kier alpha value is -1.22. The van der Waals surface area contributed by atoms with Gasteiger partial charge in [0.1, 0.15) is 23.7 Å². The van der Waals surface area contributed by atoms with Crippen LogP contribution < -0.4 is 9.47 Å². The summed E-state index contributed by atoms with van der Waals surface area (Å²) in [6.07, 6.45) is 1.66. The third-order valence-corrected chi connectivity index (χ3v) is 3.53. The van der Waals surface area contributed by atoms with Gasteiger partial charge in [0.25, 0.3) is 0 Å². The molecule has 3 atom stereocenters. The highest BCUT2D eigenvalue weighted by Crippen LogP contribution is 2.45. The Labute approximate surface area is 101 Å². The van der Waals surface area contributed by atoms with Crippen molar-refractivity contribution in [3.05, 3.63) is 22.8 Å². The normalized spacial score (nSPS) is 27.1. The van der Waals surface area contributed by atoms with Gasteiger partial charge in [0.15, 0.2) is 0 Å². The third kappa shape index (κ3) is 1.61. The molecule has 92 valence electrons. The van der Waals surface area contributed by atoms with Crippen molar-refractivity contribution in [3.63, 3.8) is 0 Å². The lowest BCUT2D eigenvalue weighted by Crippen LogP contribution is -2.08. The molecule has 3 heteroatoms. The number of aliphatic hydroxyl groups is 1. The number of rotatable bonds is 1. The van der Waals surface area contributed by atoms with E-state index in [2.05, 4.69) is 19.9 Å². The number of hydrogen-bond donors (Lipinski definition) is 1. The summed E-state index contributed by atoms with van der Waals surface area (Å²) >= 11 is 0. The van der Waals surface area contributed by atoms with Crippen LogP contribution in [-0.4, -0.2) is 17.3 Å². The maximum absolute atomic E-state index is 9.99. The first-order chi connectivity index (χ1) is 8.06. The third-order valence-electron chi connectivity index (χ3n) is 3.53. The Morgan fingerprint density at radius 2 is 1.94 bits per heavy atom. The van der Waals surface area contributed by atoms with Crippen molar-refractivity contribution in [1.82, 2.24) is 0 Å². The van der Waals surface area contributed by atoms with Gasteiger partial charge in [0.05, 0.1) is 6.10 Å².